The standard InChI is InChI=1S/C30H36N4O5/c1-21(2)34(23-9-5-3-6-10-23)30(36)26-16-15-25(19-27(26)39-20-28(31)35)38-18-8-4-7-17-37-24-13-11-22(12-14-24)29(32)33/h3,5-6,9-16,19,21H,4,7-8,17-18,20H2,1-2H3,(H2,31,35)(H3,32,33). The van der Waals surface area contributed by atoms with E-state index in [2.05, 4.69) is 0 Å². The van der Waals surface area contributed by atoms with Gasteiger partial charge in [0, 0.05) is 23.4 Å². The molecule has 0 aliphatic carbocycles. The van der Waals surface area contributed by atoms with Gasteiger partial charge in [-0.05, 0) is 81.6 Å². The minimum absolute atomic E-state index is 0.0269. The second-order valence-corrected chi connectivity index (χ2v) is 9.21. The molecule has 0 atom stereocenters. The summed E-state index contributed by atoms with van der Waals surface area (Å²) in [6, 6.07) is 21.4. The Morgan fingerprint density at radius 2 is 1.44 bits per heavy atom. The van der Waals surface area contributed by atoms with Gasteiger partial charge in [-0.15, -0.1) is 0 Å². The molecule has 3 rings (SSSR count). The van der Waals surface area contributed by atoms with Crippen molar-refractivity contribution in [2.45, 2.75) is 39.2 Å². The van der Waals surface area contributed by atoms with Gasteiger partial charge < -0.3 is 30.6 Å². The van der Waals surface area contributed by atoms with Gasteiger partial charge in [-0.2, -0.15) is 0 Å². The summed E-state index contributed by atoms with van der Waals surface area (Å²) >= 11 is 0. The summed E-state index contributed by atoms with van der Waals surface area (Å²) in [6.45, 7) is 4.55. The lowest BCUT2D eigenvalue weighted by molar-refractivity contribution is -0.119. The highest BCUT2D eigenvalue weighted by Crippen LogP contribution is 2.29. The highest BCUT2D eigenvalue weighted by molar-refractivity contribution is 6.08. The van der Waals surface area contributed by atoms with Crippen LogP contribution in [-0.2, 0) is 4.79 Å². The van der Waals surface area contributed by atoms with Crippen LogP contribution in [0.1, 0.15) is 49.0 Å². The molecule has 5 N–H and O–H groups in total. The van der Waals surface area contributed by atoms with Crippen molar-refractivity contribution in [1.82, 2.24) is 0 Å². The van der Waals surface area contributed by atoms with Gasteiger partial charge in [-0.25, -0.2) is 0 Å². The lowest BCUT2D eigenvalue weighted by Crippen LogP contribution is -2.37. The minimum atomic E-state index is -0.638. The fourth-order valence-corrected chi connectivity index (χ4v) is 3.90. The minimum Gasteiger partial charge on any atom is -0.494 e. The zero-order chi connectivity index (χ0) is 28.2. The van der Waals surface area contributed by atoms with E-state index < -0.39 is 5.91 Å². The second-order valence-electron chi connectivity index (χ2n) is 9.21. The van der Waals surface area contributed by atoms with Crippen molar-refractivity contribution in [3.05, 3.63) is 83.9 Å². The van der Waals surface area contributed by atoms with Crippen LogP contribution in [0, 0.1) is 5.41 Å². The van der Waals surface area contributed by atoms with Crippen LogP contribution in [0.25, 0.3) is 0 Å². The first-order chi connectivity index (χ1) is 18.8. The first kappa shape index (κ1) is 29.0. The molecule has 206 valence electrons. The molecule has 0 aliphatic heterocycles. The monoisotopic (exact) mass is 532 g/mol. The molecule has 0 unspecified atom stereocenters. The van der Waals surface area contributed by atoms with Crippen molar-refractivity contribution < 1.29 is 23.8 Å². The zero-order valence-electron chi connectivity index (χ0n) is 22.4. The number of nitrogen functional groups attached to an aromatic ring is 1. The molecular formula is C30H36N4O5. The number of hydrogen-bond donors (Lipinski definition) is 3. The van der Waals surface area contributed by atoms with E-state index in [-0.39, 0.29) is 30.1 Å². The number of unbranched alkanes of at least 4 members (excludes halogenated alkanes) is 2. The van der Waals surface area contributed by atoms with E-state index in [0.717, 1.165) is 30.7 Å². The van der Waals surface area contributed by atoms with Crippen LogP contribution in [0.5, 0.6) is 17.2 Å². The number of amidine groups is 1. The van der Waals surface area contributed by atoms with Gasteiger partial charge in [0.05, 0.1) is 18.8 Å². The lowest BCUT2D eigenvalue weighted by Gasteiger charge is -2.27. The molecule has 3 aromatic rings. The van der Waals surface area contributed by atoms with Crippen LogP contribution < -0.4 is 30.6 Å². The summed E-state index contributed by atoms with van der Waals surface area (Å²) in [4.78, 5) is 26.6. The molecule has 0 fully saturated rings. The summed E-state index contributed by atoms with van der Waals surface area (Å²) in [7, 11) is 0. The van der Waals surface area contributed by atoms with Gasteiger partial charge in [0.25, 0.3) is 11.8 Å². The van der Waals surface area contributed by atoms with Crippen molar-refractivity contribution in [3.8, 4) is 17.2 Å². The highest BCUT2D eigenvalue weighted by Gasteiger charge is 2.24. The van der Waals surface area contributed by atoms with Gasteiger partial charge in [0.2, 0.25) is 0 Å². The van der Waals surface area contributed by atoms with Crippen molar-refractivity contribution in [3.63, 3.8) is 0 Å². The summed E-state index contributed by atoms with van der Waals surface area (Å²) in [5.41, 5.74) is 12.5. The number of benzene rings is 3. The van der Waals surface area contributed by atoms with Crippen LogP contribution in [0.3, 0.4) is 0 Å². The largest absolute Gasteiger partial charge is 0.494 e. The Balaban J connectivity index is 1.56. The molecule has 2 amide bonds. The molecule has 3 aromatic carbocycles. The van der Waals surface area contributed by atoms with Crippen molar-refractivity contribution in [2.24, 2.45) is 11.5 Å². The predicted octanol–water partition coefficient (Wildman–Crippen LogP) is 4.52. The fourth-order valence-electron chi connectivity index (χ4n) is 3.90. The van der Waals surface area contributed by atoms with Crippen LogP contribution in [0.2, 0.25) is 0 Å². The Kier molecular flexibility index (Phi) is 10.7. The van der Waals surface area contributed by atoms with Crippen molar-refractivity contribution in [1.29, 1.82) is 5.41 Å². The Bertz CT molecular complexity index is 1250. The number of anilines is 1. The molecule has 9 heteroatoms. The van der Waals surface area contributed by atoms with Gasteiger partial charge in [-0.3, -0.25) is 15.0 Å². The molecule has 39 heavy (non-hydrogen) atoms. The van der Waals surface area contributed by atoms with Crippen LogP contribution in [0.15, 0.2) is 72.8 Å². The highest BCUT2D eigenvalue weighted by atomic mass is 16.5. The first-order valence-electron chi connectivity index (χ1n) is 12.9. The number of carbonyl (C=O) groups is 2. The van der Waals surface area contributed by atoms with Crippen LogP contribution in [0.4, 0.5) is 5.69 Å². The van der Waals surface area contributed by atoms with Gasteiger partial charge in [0.15, 0.2) is 6.61 Å². The van der Waals surface area contributed by atoms with Crippen LogP contribution >= 0.6 is 0 Å². The number of carbonyl (C=O) groups excluding carboxylic acids is 2. The second kappa shape index (κ2) is 14.4. The Hall–Kier alpha value is -4.53. The summed E-state index contributed by atoms with van der Waals surface area (Å²) in [5, 5.41) is 7.43. The lowest BCUT2D eigenvalue weighted by atomic mass is 10.1. The van der Waals surface area contributed by atoms with E-state index in [1.165, 1.54) is 0 Å². The third-order valence-electron chi connectivity index (χ3n) is 5.81. The van der Waals surface area contributed by atoms with E-state index in [0.29, 0.717) is 30.1 Å². The summed E-state index contributed by atoms with van der Waals surface area (Å²) in [6.07, 6.45) is 2.55. The van der Waals surface area contributed by atoms with Gasteiger partial charge in [0.1, 0.15) is 23.1 Å². The quantitative estimate of drug-likeness (QED) is 0.149. The molecule has 0 aliphatic rings. The predicted molar refractivity (Wildman–Crippen MR) is 152 cm³/mol. The molecule has 0 bridgehead atoms. The molecule has 0 saturated carbocycles. The molecule has 0 heterocycles. The summed E-state index contributed by atoms with van der Waals surface area (Å²) < 4.78 is 17.2. The van der Waals surface area contributed by atoms with E-state index >= 15 is 0 Å². The number of hydrogen-bond acceptors (Lipinski definition) is 6. The van der Waals surface area contributed by atoms with Crippen molar-refractivity contribution in [2.75, 3.05) is 24.7 Å². The molecule has 0 radical (unpaired) electrons. The molecular weight excluding hydrogens is 496 g/mol. The molecule has 9 nitrogen and oxygen atoms in total. The number of rotatable bonds is 15. The molecule has 0 saturated heterocycles. The Morgan fingerprint density at radius 1 is 0.821 bits per heavy atom. The first-order valence-corrected chi connectivity index (χ1v) is 12.9. The average Bonchev–Trinajstić information content (AvgIpc) is 2.92. The third kappa shape index (κ3) is 8.77. The maximum atomic E-state index is 13.5. The maximum Gasteiger partial charge on any atom is 0.262 e. The topological polar surface area (TPSA) is 141 Å². The van der Waals surface area contributed by atoms with E-state index in [1.54, 1.807) is 47.4 Å². The van der Waals surface area contributed by atoms with Gasteiger partial charge in [-0.1, -0.05) is 18.2 Å². The number of nitrogens with two attached hydrogens (primary N) is 2. The van der Waals surface area contributed by atoms with E-state index in [1.807, 2.05) is 44.2 Å². The average molecular weight is 533 g/mol. The number of nitrogens with zero attached hydrogens (tertiary/aromatic N) is 1. The number of nitrogens with one attached hydrogen (secondary N) is 1. The fraction of sp³-hybridized carbons (Fsp3) is 0.300. The maximum absolute atomic E-state index is 13.5. The van der Waals surface area contributed by atoms with Gasteiger partial charge >= 0.3 is 0 Å². The number of primary amides is 1. The third-order valence-corrected chi connectivity index (χ3v) is 5.81. The SMILES string of the molecule is CC(C)N(C(=O)c1ccc(OCCCCCOc2ccc(C(=N)N)cc2)cc1OCC(N)=O)c1ccccc1. The van der Waals surface area contributed by atoms with E-state index in [4.69, 9.17) is 31.1 Å². The number of para-hydroxylation sites is 1. The van der Waals surface area contributed by atoms with Crippen LogP contribution in [-0.4, -0.2) is 43.5 Å². The molecule has 0 aromatic heterocycles. The van der Waals surface area contributed by atoms with Crippen molar-refractivity contribution >= 4 is 23.3 Å². The Labute approximate surface area is 229 Å². The summed E-state index contributed by atoms with van der Waals surface area (Å²) in [5.74, 6) is 0.640. The normalized spacial score (nSPS) is 10.6. The van der Waals surface area contributed by atoms with E-state index in [9.17, 15) is 9.59 Å². The molecule has 0 spiro atoms. The number of ether oxygens (including phenoxy) is 3. The smallest absolute Gasteiger partial charge is 0.262 e. The zero-order valence-corrected chi connectivity index (χ0v) is 22.4. The Morgan fingerprint density at radius 3 is 2.03 bits per heavy atom. The number of amides is 2.